The Balaban J connectivity index is 1.82. The number of anilines is 1. The molecule has 26 heavy (non-hydrogen) atoms. The van der Waals surface area contributed by atoms with Crippen LogP contribution in [0.4, 0.5) is 5.82 Å². The van der Waals surface area contributed by atoms with Crippen LogP contribution in [0, 0.1) is 0 Å². The number of nitrogens with two attached hydrogens (primary N) is 1. The van der Waals surface area contributed by atoms with Gasteiger partial charge in [-0.3, -0.25) is 9.89 Å². The second kappa shape index (κ2) is 10.5. The maximum absolute atomic E-state index is 11.1. The molecule has 7 nitrogen and oxygen atoms in total. The minimum absolute atomic E-state index is 0.181. The molecule has 1 aromatic heterocycles. The first-order chi connectivity index (χ1) is 12.6. The van der Waals surface area contributed by atoms with Gasteiger partial charge in [0, 0.05) is 37.0 Å². The molecule has 0 aliphatic heterocycles. The second-order valence-corrected chi connectivity index (χ2v) is 6.56. The summed E-state index contributed by atoms with van der Waals surface area (Å²) in [5.74, 6) is 1.01. The van der Waals surface area contributed by atoms with Crippen molar-refractivity contribution in [2.75, 3.05) is 32.0 Å². The largest absolute Gasteiger partial charge is 0.548 e. The predicted octanol–water partition coefficient (Wildman–Crippen LogP) is 2.26. The quantitative estimate of drug-likeness (QED) is 0.356. The number of ether oxygens (including phenoxy) is 1. The minimum Gasteiger partial charge on any atom is -0.548 e. The van der Waals surface area contributed by atoms with Gasteiger partial charge in [0.15, 0.2) is 11.1 Å². The van der Waals surface area contributed by atoms with Gasteiger partial charge in [0.25, 0.3) is 0 Å². The van der Waals surface area contributed by atoms with Crippen LogP contribution in [0.25, 0.3) is 0 Å². The number of aromatic amines is 1. The topological polar surface area (TPSA) is 103 Å². The molecule has 1 heterocycles. The highest BCUT2D eigenvalue weighted by molar-refractivity contribution is 7.13. The molecule has 2 aromatic rings. The van der Waals surface area contributed by atoms with Crippen LogP contribution >= 0.6 is 11.1 Å². The van der Waals surface area contributed by atoms with Crippen LogP contribution in [0.3, 0.4) is 0 Å². The summed E-state index contributed by atoms with van der Waals surface area (Å²) in [4.78, 5) is 6.47. The molecule has 0 fully saturated rings. The molecule has 2 rings (SSSR count). The third-order valence-corrected chi connectivity index (χ3v) is 4.26. The van der Waals surface area contributed by atoms with Gasteiger partial charge < -0.3 is 15.0 Å². The molecule has 1 atom stereocenters. The van der Waals surface area contributed by atoms with Crippen molar-refractivity contribution in [3.63, 3.8) is 0 Å². The Morgan fingerprint density at radius 3 is 2.77 bits per heavy atom. The van der Waals surface area contributed by atoms with E-state index in [0.717, 1.165) is 25.4 Å². The SMILES string of the molecule is C=CCN(CC=C)Cc1cccc(OCCCN=c2[nH][s+]([O-])nc2N)c1. The lowest BCUT2D eigenvalue weighted by Crippen LogP contribution is -2.23. The fourth-order valence-electron chi connectivity index (χ4n) is 2.41. The lowest BCUT2D eigenvalue weighted by molar-refractivity contribution is 0.308. The first kappa shape index (κ1) is 19.9. The molecule has 0 spiro atoms. The Labute approximate surface area is 156 Å². The molecule has 0 aliphatic rings. The van der Waals surface area contributed by atoms with E-state index in [1.807, 2.05) is 30.4 Å². The summed E-state index contributed by atoms with van der Waals surface area (Å²) < 4.78 is 23.2. The highest BCUT2D eigenvalue weighted by Crippen LogP contribution is 2.15. The summed E-state index contributed by atoms with van der Waals surface area (Å²) in [5, 5.41) is 0. The van der Waals surface area contributed by atoms with E-state index in [0.29, 0.717) is 25.1 Å². The van der Waals surface area contributed by atoms with E-state index in [-0.39, 0.29) is 5.82 Å². The van der Waals surface area contributed by atoms with Gasteiger partial charge in [-0.15, -0.1) is 17.5 Å². The number of aromatic nitrogens is 2. The summed E-state index contributed by atoms with van der Waals surface area (Å²) in [6.45, 7) is 11.1. The zero-order valence-electron chi connectivity index (χ0n) is 14.8. The van der Waals surface area contributed by atoms with E-state index < -0.39 is 11.1 Å². The van der Waals surface area contributed by atoms with E-state index in [4.69, 9.17) is 10.5 Å². The summed E-state index contributed by atoms with van der Waals surface area (Å²) in [6.07, 6.45) is 4.49. The maximum Gasteiger partial charge on any atom is 0.229 e. The number of nitrogens with one attached hydrogen (secondary N) is 1. The van der Waals surface area contributed by atoms with Gasteiger partial charge in [-0.2, -0.15) is 0 Å². The van der Waals surface area contributed by atoms with E-state index in [1.165, 1.54) is 5.56 Å². The molecule has 1 aromatic carbocycles. The average molecular weight is 375 g/mol. The van der Waals surface area contributed by atoms with Crippen LogP contribution in [0.15, 0.2) is 54.6 Å². The van der Waals surface area contributed by atoms with E-state index >= 15 is 0 Å². The van der Waals surface area contributed by atoms with Crippen molar-refractivity contribution in [3.8, 4) is 5.75 Å². The molecule has 0 bridgehead atoms. The average Bonchev–Trinajstić information content (AvgIpc) is 2.93. The van der Waals surface area contributed by atoms with Crippen molar-refractivity contribution in [3.05, 3.63) is 60.6 Å². The van der Waals surface area contributed by atoms with Crippen LogP contribution in [0.2, 0.25) is 0 Å². The number of H-pyrrole nitrogens is 1. The third kappa shape index (κ3) is 6.47. The van der Waals surface area contributed by atoms with Crippen molar-refractivity contribution < 1.29 is 9.29 Å². The Morgan fingerprint density at radius 2 is 2.12 bits per heavy atom. The Bertz CT molecular complexity index is 774. The summed E-state index contributed by atoms with van der Waals surface area (Å²) >= 11 is -1.50. The molecule has 3 N–H and O–H groups in total. The van der Waals surface area contributed by atoms with Gasteiger partial charge in [0.2, 0.25) is 11.3 Å². The van der Waals surface area contributed by atoms with Gasteiger partial charge in [-0.25, -0.2) is 0 Å². The van der Waals surface area contributed by atoms with Crippen LogP contribution < -0.4 is 16.0 Å². The molecule has 0 amide bonds. The standard InChI is InChI=1S/C18H25N5O2S/c1-3-10-23(11-4-2)14-15-7-5-8-16(13-15)25-12-6-9-20-18-17(19)21-26(24)22-18/h3-5,7-8,13H,1-2,6,9-12,14H2,(H2,19,21)(H,20,22). The van der Waals surface area contributed by atoms with Gasteiger partial charge in [0.05, 0.1) is 6.61 Å². The highest BCUT2D eigenvalue weighted by atomic mass is 32.2. The van der Waals surface area contributed by atoms with E-state index in [1.54, 1.807) is 0 Å². The summed E-state index contributed by atoms with van der Waals surface area (Å²) in [5.41, 5.74) is 7.15. The molecule has 0 saturated carbocycles. The molecular formula is C18H25N5O2S. The molecule has 1 unspecified atom stereocenters. The minimum atomic E-state index is -1.50. The number of hydrogen-bond donors (Lipinski definition) is 2. The van der Waals surface area contributed by atoms with Crippen molar-refractivity contribution >= 4 is 17.0 Å². The number of nitrogen functional groups attached to an aromatic ring is 1. The second-order valence-electron chi connectivity index (χ2n) is 5.68. The first-order valence-corrected chi connectivity index (χ1v) is 9.46. The van der Waals surface area contributed by atoms with Crippen molar-refractivity contribution in [2.45, 2.75) is 13.0 Å². The maximum atomic E-state index is 11.1. The lowest BCUT2D eigenvalue weighted by atomic mass is 10.2. The summed E-state index contributed by atoms with van der Waals surface area (Å²) in [6, 6.07) is 8.04. The van der Waals surface area contributed by atoms with Gasteiger partial charge in [0.1, 0.15) is 5.75 Å². The number of benzene rings is 1. The fourth-order valence-corrected chi connectivity index (χ4v) is 3.05. The normalized spacial score (nSPS) is 12.4. The van der Waals surface area contributed by atoms with Crippen LogP contribution in [0.5, 0.6) is 5.75 Å². The number of nitrogens with zero attached hydrogens (tertiary/aromatic N) is 3. The molecule has 8 heteroatoms. The zero-order valence-corrected chi connectivity index (χ0v) is 15.6. The van der Waals surface area contributed by atoms with E-state index in [9.17, 15) is 4.55 Å². The van der Waals surface area contributed by atoms with Crippen LogP contribution in [0.1, 0.15) is 12.0 Å². The smallest absolute Gasteiger partial charge is 0.229 e. The molecule has 0 radical (unpaired) electrons. The third-order valence-electron chi connectivity index (χ3n) is 3.53. The van der Waals surface area contributed by atoms with E-state index in [2.05, 4.69) is 37.9 Å². The van der Waals surface area contributed by atoms with Gasteiger partial charge >= 0.3 is 0 Å². The Morgan fingerprint density at radius 1 is 1.35 bits per heavy atom. The zero-order chi connectivity index (χ0) is 18.8. The highest BCUT2D eigenvalue weighted by Gasteiger charge is 2.04. The number of rotatable bonds is 11. The van der Waals surface area contributed by atoms with Crippen molar-refractivity contribution in [1.82, 2.24) is 13.6 Å². The first-order valence-electron chi connectivity index (χ1n) is 8.35. The van der Waals surface area contributed by atoms with Gasteiger partial charge in [-0.1, -0.05) is 24.3 Å². The van der Waals surface area contributed by atoms with Crippen molar-refractivity contribution in [2.24, 2.45) is 4.99 Å². The number of hydrogen-bond acceptors (Lipinski definition) is 6. The molecular weight excluding hydrogens is 350 g/mol. The monoisotopic (exact) mass is 375 g/mol. The van der Waals surface area contributed by atoms with Crippen molar-refractivity contribution in [1.29, 1.82) is 0 Å². The Hall–Kier alpha value is -2.42. The van der Waals surface area contributed by atoms with Crippen LogP contribution in [-0.2, 0) is 6.54 Å². The van der Waals surface area contributed by atoms with Crippen LogP contribution in [-0.4, -0.2) is 44.4 Å². The Kier molecular flexibility index (Phi) is 8.07. The predicted molar refractivity (Wildman–Crippen MR) is 104 cm³/mol. The fraction of sp³-hybridized carbons (Fsp3) is 0.333. The molecule has 0 aliphatic carbocycles. The lowest BCUT2D eigenvalue weighted by Gasteiger charge is -2.19. The summed E-state index contributed by atoms with van der Waals surface area (Å²) in [7, 11) is 0. The van der Waals surface area contributed by atoms with Gasteiger partial charge in [-0.05, 0) is 17.7 Å². The molecule has 140 valence electrons. The molecule has 0 saturated heterocycles.